The van der Waals surface area contributed by atoms with Gasteiger partial charge in [0.1, 0.15) is 6.04 Å². The van der Waals surface area contributed by atoms with Crippen molar-refractivity contribution in [1.29, 1.82) is 0 Å². The Morgan fingerprint density at radius 2 is 2.21 bits per heavy atom. The summed E-state index contributed by atoms with van der Waals surface area (Å²) in [4.78, 5) is 13.4. The van der Waals surface area contributed by atoms with Gasteiger partial charge < -0.3 is 9.84 Å². The quantitative estimate of drug-likeness (QED) is 0.643. The second-order valence-electron chi connectivity index (χ2n) is 4.13. The van der Waals surface area contributed by atoms with E-state index in [1.54, 1.807) is 0 Å². The number of methoxy groups -OCH3 is 1. The van der Waals surface area contributed by atoms with E-state index in [4.69, 9.17) is 4.74 Å². The average molecular weight is 199 g/mol. The maximum Gasteiger partial charge on any atom is 0.323 e. The van der Waals surface area contributed by atoms with E-state index >= 15 is 0 Å². The highest BCUT2D eigenvalue weighted by Gasteiger charge is 2.43. The number of hydrogen-bond acceptors (Lipinski definition) is 4. The lowest BCUT2D eigenvalue weighted by atomic mass is 9.98. The first kappa shape index (κ1) is 9.93. The highest BCUT2D eigenvalue weighted by atomic mass is 16.5. The number of aliphatic hydroxyl groups is 1. The maximum atomic E-state index is 11.3. The van der Waals surface area contributed by atoms with Gasteiger partial charge in [0.05, 0.1) is 13.2 Å². The molecule has 1 saturated heterocycles. The summed E-state index contributed by atoms with van der Waals surface area (Å²) in [6.45, 7) is 0.918. The Labute approximate surface area is 83.8 Å². The zero-order chi connectivity index (χ0) is 10.1. The molecule has 0 amide bonds. The third kappa shape index (κ3) is 1.53. The van der Waals surface area contributed by atoms with E-state index in [1.807, 2.05) is 0 Å². The fourth-order valence-corrected chi connectivity index (χ4v) is 2.50. The molecule has 2 aliphatic rings. The van der Waals surface area contributed by atoms with Crippen LogP contribution in [0.3, 0.4) is 0 Å². The molecule has 0 spiro atoms. The molecule has 0 aromatic carbocycles. The molecule has 1 heterocycles. The molecule has 1 N–H and O–H groups in total. The van der Waals surface area contributed by atoms with Gasteiger partial charge in [-0.15, -0.1) is 0 Å². The molecule has 3 unspecified atom stereocenters. The Balaban J connectivity index is 1.95. The molecule has 0 radical (unpaired) electrons. The fraction of sp³-hybridized carbons (Fsp3) is 0.900. The summed E-state index contributed by atoms with van der Waals surface area (Å²) in [5, 5.41) is 9.70. The summed E-state index contributed by atoms with van der Waals surface area (Å²) < 4.78 is 4.72. The predicted molar refractivity (Wildman–Crippen MR) is 50.8 cm³/mol. The van der Waals surface area contributed by atoms with Gasteiger partial charge in [-0.2, -0.15) is 0 Å². The zero-order valence-electron chi connectivity index (χ0n) is 8.48. The number of likely N-dealkylation sites (tertiary alicyclic amines) is 1. The molecule has 2 rings (SSSR count). The van der Waals surface area contributed by atoms with Gasteiger partial charge in [0.2, 0.25) is 0 Å². The first-order valence-corrected chi connectivity index (χ1v) is 5.25. The van der Waals surface area contributed by atoms with Gasteiger partial charge in [-0.3, -0.25) is 9.69 Å². The molecular weight excluding hydrogens is 182 g/mol. The van der Waals surface area contributed by atoms with Gasteiger partial charge >= 0.3 is 5.97 Å². The minimum atomic E-state index is -0.248. The van der Waals surface area contributed by atoms with Gasteiger partial charge in [-0.1, -0.05) is 0 Å². The molecule has 0 bridgehead atoms. The number of carbonyl (C=O) groups excluding carboxylic acids is 1. The molecule has 4 heteroatoms. The van der Waals surface area contributed by atoms with Gasteiger partial charge in [0, 0.05) is 12.6 Å². The van der Waals surface area contributed by atoms with Crippen molar-refractivity contribution in [3.8, 4) is 0 Å². The van der Waals surface area contributed by atoms with Crippen LogP contribution < -0.4 is 0 Å². The van der Waals surface area contributed by atoms with Gasteiger partial charge in [0.15, 0.2) is 0 Å². The number of rotatable bonds is 2. The molecule has 1 aliphatic carbocycles. The minimum absolute atomic E-state index is 0.0993. The van der Waals surface area contributed by atoms with Crippen molar-refractivity contribution in [2.75, 3.05) is 13.7 Å². The van der Waals surface area contributed by atoms with Crippen molar-refractivity contribution < 1.29 is 14.6 Å². The van der Waals surface area contributed by atoms with E-state index in [0.29, 0.717) is 0 Å². The van der Waals surface area contributed by atoms with Gasteiger partial charge in [-0.05, 0) is 25.7 Å². The van der Waals surface area contributed by atoms with Crippen molar-refractivity contribution in [3.05, 3.63) is 0 Å². The van der Waals surface area contributed by atoms with E-state index < -0.39 is 0 Å². The van der Waals surface area contributed by atoms with E-state index in [2.05, 4.69) is 4.90 Å². The third-order valence-corrected chi connectivity index (χ3v) is 3.40. The smallest absolute Gasteiger partial charge is 0.323 e. The molecule has 2 fully saturated rings. The van der Waals surface area contributed by atoms with Crippen LogP contribution in [0.25, 0.3) is 0 Å². The average Bonchev–Trinajstić information content (AvgIpc) is 2.50. The number of carbonyl (C=O) groups is 1. The van der Waals surface area contributed by atoms with Crippen molar-refractivity contribution in [2.45, 2.75) is 43.9 Å². The molecule has 4 nitrogen and oxygen atoms in total. The highest BCUT2D eigenvalue weighted by Crippen LogP contribution is 2.31. The van der Waals surface area contributed by atoms with E-state index in [9.17, 15) is 9.90 Å². The van der Waals surface area contributed by atoms with Crippen LogP contribution in [-0.4, -0.2) is 47.8 Å². The summed E-state index contributed by atoms with van der Waals surface area (Å²) in [6.07, 6.45) is 3.57. The first-order valence-electron chi connectivity index (χ1n) is 5.25. The number of hydrogen-bond donors (Lipinski definition) is 1. The van der Waals surface area contributed by atoms with Crippen LogP contribution in [0.4, 0.5) is 0 Å². The largest absolute Gasteiger partial charge is 0.468 e. The molecule has 1 saturated carbocycles. The molecule has 1 aliphatic heterocycles. The van der Waals surface area contributed by atoms with E-state index in [-0.39, 0.29) is 24.2 Å². The second kappa shape index (κ2) is 3.87. The normalized spacial score (nSPS) is 38.0. The van der Waals surface area contributed by atoms with E-state index in [0.717, 1.165) is 32.2 Å². The van der Waals surface area contributed by atoms with Crippen LogP contribution in [0.15, 0.2) is 0 Å². The molecule has 80 valence electrons. The molecule has 14 heavy (non-hydrogen) atoms. The Kier molecular flexibility index (Phi) is 2.74. The van der Waals surface area contributed by atoms with E-state index in [1.165, 1.54) is 7.11 Å². The van der Waals surface area contributed by atoms with Crippen molar-refractivity contribution >= 4 is 5.97 Å². The fourth-order valence-electron chi connectivity index (χ4n) is 2.50. The topological polar surface area (TPSA) is 49.8 Å². The molecule has 0 aromatic rings. The summed E-state index contributed by atoms with van der Waals surface area (Å²) in [5.74, 6) is -0.157. The van der Waals surface area contributed by atoms with Crippen LogP contribution in [0.2, 0.25) is 0 Å². The second-order valence-corrected chi connectivity index (χ2v) is 4.13. The van der Waals surface area contributed by atoms with Gasteiger partial charge in [-0.25, -0.2) is 0 Å². The number of esters is 1. The zero-order valence-corrected chi connectivity index (χ0v) is 8.48. The van der Waals surface area contributed by atoms with Crippen LogP contribution >= 0.6 is 0 Å². The molecule has 0 aromatic heterocycles. The lowest BCUT2D eigenvalue weighted by molar-refractivity contribution is -0.155. The summed E-state index contributed by atoms with van der Waals surface area (Å²) in [6, 6.07) is 0.0885. The van der Waals surface area contributed by atoms with Crippen LogP contribution in [0.1, 0.15) is 25.7 Å². The van der Waals surface area contributed by atoms with Crippen LogP contribution in [-0.2, 0) is 9.53 Å². The minimum Gasteiger partial charge on any atom is -0.468 e. The van der Waals surface area contributed by atoms with Crippen molar-refractivity contribution in [1.82, 2.24) is 4.90 Å². The Morgan fingerprint density at radius 3 is 2.64 bits per heavy atom. The predicted octanol–water partition coefficient (Wildman–Crippen LogP) is 0.147. The lowest BCUT2D eigenvalue weighted by Crippen LogP contribution is -2.59. The monoisotopic (exact) mass is 199 g/mol. The molecule has 3 atom stereocenters. The number of nitrogens with zero attached hydrogens (tertiary/aromatic N) is 1. The van der Waals surface area contributed by atoms with Gasteiger partial charge in [0.25, 0.3) is 0 Å². The van der Waals surface area contributed by atoms with Crippen LogP contribution in [0.5, 0.6) is 0 Å². The first-order chi connectivity index (χ1) is 6.74. The Morgan fingerprint density at radius 1 is 1.43 bits per heavy atom. The number of aliphatic hydroxyl groups excluding tert-OH is 1. The summed E-state index contributed by atoms with van der Waals surface area (Å²) >= 11 is 0. The summed E-state index contributed by atoms with van der Waals surface area (Å²) in [7, 11) is 1.42. The molecular formula is C10H17NO3. The maximum absolute atomic E-state index is 11.3. The Bertz CT molecular complexity index is 231. The highest BCUT2D eigenvalue weighted by molar-refractivity contribution is 5.76. The Hall–Kier alpha value is -0.610. The van der Waals surface area contributed by atoms with Crippen molar-refractivity contribution in [3.63, 3.8) is 0 Å². The SMILES string of the molecule is COC(=O)C1CCN1C1CCCC1O. The standard InChI is InChI=1S/C10H17NO3/c1-14-10(13)8-5-6-11(8)7-3-2-4-9(7)12/h7-9,12H,2-6H2,1H3. The third-order valence-electron chi connectivity index (χ3n) is 3.40. The number of ether oxygens (including phenoxy) is 1. The summed E-state index contributed by atoms with van der Waals surface area (Å²) in [5.41, 5.74) is 0. The lowest BCUT2D eigenvalue weighted by Gasteiger charge is -2.44. The van der Waals surface area contributed by atoms with Crippen LogP contribution in [0, 0.1) is 0 Å². The van der Waals surface area contributed by atoms with Crippen molar-refractivity contribution in [2.24, 2.45) is 0 Å².